The Labute approximate surface area is 159 Å². The number of hydrogen-bond acceptors (Lipinski definition) is 5. The fourth-order valence-corrected chi connectivity index (χ4v) is 3.12. The molecule has 5 nitrogen and oxygen atoms in total. The van der Waals surface area contributed by atoms with E-state index in [1.165, 1.54) is 19.1 Å². The van der Waals surface area contributed by atoms with Crippen LogP contribution in [-0.4, -0.2) is 32.5 Å². The van der Waals surface area contributed by atoms with E-state index in [2.05, 4.69) is 15.9 Å². The van der Waals surface area contributed by atoms with Crippen LogP contribution in [0.25, 0.3) is 0 Å². The van der Waals surface area contributed by atoms with Crippen molar-refractivity contribution in [3.05, 3.63) is 63.1 Å². The molecule has 132 valence electrons. The molecule has 1 atom stereocenters. The Hall–Kier alpha value is -1.70. The lowest BCUT2D eigenvalue weighted by Gasteiger charge is -2.13. The SMILES string of the molecule is CC(OC(=O)c1cc(S(C)(=O)=O)ccc1Cl)C(=O)c1ccc(Br)cc1. The van der Waals surface area contributed by atoms with Crippen LogP contribution in [0.3, 0.4) is 0 Å². The third-order valence-corrected chi connectivity index (χ3v) is 5.34. The molecule has 0 fully saturated rings. The van der Waals surface area contributed by atoms with Gasteiger partial charge in [0.25, 0.3) is 0 Å². The van der Waals surface area contributed by atoms with E-state index in [0.29, 0.717) is 5.56 Å². The number of ether oxygens (including phenoxy) is 1. The van der Waals surface area contributed by atoms with Crippen LogP contribution in [0, 0.1) is 0 Å². The quantitative estimate of drug-likeness (QED) is 0.515. The summed E-state index contributed by atoms with van der Waals surface area (Å²) in [6.07, 6.45) is -0.0305. The van der Waals surface area contributed by atoms with Gasteiger partial charge in [-0.25, -0.2) is 13.2 Å². The molecular formula is C17H14BrClO5S. The van der Waals surface area contributed by atoms with Crippen LogP contribution in [0.4, 0.5) is 0 Å². The van der Waals surface area contributed by atoms with Crippen molar-refractivity contribution in [1.82, 2.24) is 0 Å². The van der Waals surface area contributed by atoms with Crippen molar-refractivity contribution >= 4 is 49.1 Å². The van der Waals surface area contributed by atoms with Crippen molar-refractivity contribution in [3.63, 3.8) is 0 Å². The number of benzene rings is 2. The van der Waals surface area contributed by atoms with E-state index in [1.807, 2.05) is 0 Å². The largest absolute Gasteiger partial charge is 0.451 e. The lowest BCUT2D eigenvalue weighted by molar-refractivity contribution is 0.0318. The molecule has 0 saturated carbocycles. The van der Waals surface area contributed by atoms with E-state index in [4.69, 9.17) is 16.3 Å². The lowest BCUT2D eigenvalue weighted by atomic mass is 10.1. The molecule has 2 rings (SSSR count). The van der Waals surface area contributed by atoms with Crippen LogP contribution in [0.2, 0.25) is 5.02 Å². The molecule has 8 heteroatoms. The Morgan fingerprint density at radius 2 is 1.72 bits per heavy atom. The summed E-state index contributed by atoms with van der Waals surface area (Å²) in [7, 11) is -3.51. The van der Waals surface area contributed by atoms with E-state index in [-0.39, 0.29) is 21.3 Å². The molecule has 0 spiro atoms. The van der Waals surface area contributed by atoms with Crippen molar-refractivity contribution in [2.75, 3.05) is 6.26 Å². The third-order valence-electron chi connectivity index (χ3n) is 3.37. The minimum Gasteiger partial charge on any atom is -0.451 e. The average Bonchev–Trinajstić information content (AvgIpc) is 2.54. The van der Waals surface area contributed by atoms with Gasteiger partial charge in [-0.1, -0.05) is 39.7 Å². The first kappa shape index (κ1) is 19.6. The molecule has 0 radical (unpaired) electrons. The monoisotopic (exact) mass is 444 g/mol. The molecule has 25 heavy (non-hydrogen) atoms. The minimum absolute atomic E-state index is 0.0423. The third kappa shape index (κ3) is 4.90. The standard InChI is InChI=1S/C17H14BrClO5S/c1-10(16(20)11-3-5-12(18)6-4-11)24-17(21)14-9-13(25(2,22)23)7-8-15(14)19/h3-10H,1-2H3. The van der Waals surface area contributed by atoms with Gasteiger partial charge in [0.2, 0.25) is 5.78 Å². The van der Waals surface area contributed by atoms with E-state index in [1.54, 1.807) is 24.3 Å². The van der Waals surface area contributed by atoms with E-state index in [0.717, 1.165) is 16.8 Å². The smallest absolute Gasteiger partial charge is 0.340 e. The molecular weight excluding hydrogens is 432 g/mol. The molecule has 0 N–H and O–H groups in total. The first-order valence-corrected chi connectivity index (χ1v) is 10.2. The predicted molar refractivity (Wildman–Crippen MR) is 97.9 cm³/mol. The molecule has 0 aliphatic rings. The molecule has 1 unspecified atom stereocenters. The van der Waals surface area contributed by atoms with Crippen LogP contribution >= 0.6 is 27.5 Å². The van der Waals surface area contributed by atoms with Gasteiger partial charge in [0.15, 0.2) is 15.9 Å². The van der Waals surface area contributed by atoms with Crippen molar-refractivity contribution in [2.45, 2.75) is 17.9 Å². The second kappa shape index (κ2) is 7.68. The average molecular weight is 446 g/mol. The first-order valence-electron chi connectivity index (χ1n) is 7.10. The summed E-state index contributed by atoms with van der Waals surface area (Å²) in [4.78, 5) is 24.5. The maximum absolute atomic E-state index is 12.3. The van der Waals surface area contributed by atoms with Crippen LogP contribution in [0.1, 0.15) is 27.6 Å². The first-order chi connectivity index (χ1) is 11.6. The number of esters is 1. The molecule has 0 saturated heterocycles. The van der Waals surface area contributed by atoms with Crippen LogP contribution in [0.15, 0.2) is 51.8 Å². The Kier molecular flexibility index (Phi) is 6.03. The molecule has 0 amide bonds. The molecule has 0 heterocycles. The topological polar surface area (TPSA) is 77.5 Å². The van der Waals surface area contributed by atoms with Gasteiger partial charge in [0, 0.05) is 16.3 Å². The van der Waals surface area contributed by atoms with Gasteiger partial charge in [-0.05, 0) is 37.3 Å². The van der Waals surface area contributed by atoms with Gasteiger partial charge in [-0.2, -0.15) is 0 Å². The Morgan fingerprint density at radius 1 is 1.12 bits per heavy atom. The lowest BCUT2D eigenvalue weighted by Crippen LogP contribution is -2.24. The number of halogens is 2. The second-order valence-electron chi connectivity index (χ2n) is 5.33. The van der Waals surface area contributed by atoms with Crippen molar-refractivity contribution in [2.24, 2.45) is 0 Å². The highest BCUT2D eigenvalue weighted by Gasteiger charge is 2.23. The molecule has 2 aromatic carbocycles. The summed E-state index contributed by atoms with van der Waals surface area (Å²) in [6.45, 7) is 1.44. The van der Waals surface area contributed by atoms with Crippen LogP contribution in [0.5, 0.6) is 0 Å². The van der Waals surface area contributed by atoms with Gasteiger partial charge >= 0.3 is 5.97 Å². The molecule has 2 aromatic rings. The van der Waals surface area contributed by atoms with E-state index in [9.17, 15) is 18.0 Å². The number of ketones is 1. The van der Waals surface area contributed by atoms with Gasteiger partial charge < -0.3 is 4.74 Å². The maximum Gasteiger partial charge on any atom is 0.340 e. The molecule has 0 aliphatic heterocycles. The molecule has 0 aromatic heterocycles. The number of carbonyl (C=O) groups excluding carboxylic acids is 2. The zero-order valence-corrected chi connectivity index (χ0v) is 16.5. The van der Waals surface area contributed by atoms with Gasteiger partial charge in [-0.15, -0.1) is 0 Å². The Bertz CT molecular complexity index is 923. The van der Waals surface area contributed by atoms with Crippen LogP contribution in [-0.2, 0) is 14.6 Å². The fourth-order valence-electron chi connectivity index (χ4n) is 2.02. The summed E-state index contributed by atoms with van der Waals surface area (Å²) in [5.41, 5.74) is 0.277. The number of Topliss-reactive ketones (excluding diaryl/α,β-unsaturated/α-hetero) is 1. The zero-order chi connectivity index (χ0) is 18.8. The number of sulfone groups is 1. The van der Waals surface area contributed by atoms with Crippen molar-refractivity contribution in [1.29, 1.82) is 0 Å². The summed E-state index contributed by atoms with van der Waals surface area (Å²) in [5.74, 6) is -1.25. The number of hydrogen-bond donors (Lipinski definition) is 0. The summed E-state index contributed by atoms with van der Waals surface area (Å²) >= 11 is 9.23. The minimum atomic E-state index is -3.51. The fraction of sp³-hybridized carbons (Fsp3) is 0.176. The Balaban J connectivity index is 2.21. The highest BCUT2D eigenvalue weighted by molar-refractivity contribution is 9.10. The normalized spacial score (nSPS) is 12.5. The van der Waals surface area contributed by atoms with Gasteiger partial charge in [0.1, 0.15) is 0 Å². The second-order valence-corrected chi connectivity index (χ2v) is 8.67. The predicted octanol–water partition coefficient (Wildman–Crippen LogP) is 3.93. The molecule has 0 bridgehead atoms. The zero-order valence-electron chi connectivity index (χ0n) is 13.3. The van der Waals surface area contributed by atoms with Crippen LogP contribution < -0.4 is 0 Å². The van der Waals surface area contributed by atoms with Gasteiger partial charge in [-0.3, -0.25) is 4.79 Å². The summed E-state index contributed by atoms with van der Waals surface area (Å²) < 4.78 is 29.2. The number of rotatable bonds is 5. The number of carbonyl (C=O) groups is 2. The molecule has 0 aliphatic carbocycles. The van der Waals surface area contributed by atoms with E-state index >= 15 is 0 Å². The van der Waals surface area contributed by atoms with Crippen molar-refractivity contribution in [3.8, 4) is 0 Å². The highest BCUT2D eigenvalue weighted by Crippen LogP contribution is 2.22. The summed E-state index contributed by atoms with van der Waals surface area (Å²) in [6, 6.07) is 10.3. The summed E-state index contributed by atoms with van der Waals surface area (Å²) in [5, 5.41) is 0.0423. The Morgan fingerprint density at radius 3 is 2.28 bits per heavy atom. The van der Waals surface area contributed by atoms with E-state index < -0.39 is 21.9 Å². The van der Waals surface area contributed by atoms with Crippen molar-refractivity contribution < 1.29 is 22.7 Å². The van der Waals surface area contributed by atoms with Gasteiger partial charge in [0.05, 0.1) is 15.5 Å². The highest BCUT2D eigenvalue weighted by atomic mass is 79.9. The maximum atomic E-state index is 12.3.